The lowest BCUT2D eigenvalue weighted by atomic mass is 10.2. The number of nitrogens with one attached hydrogen (secondary N) is 1. The van der Waals surface area contributed by atoms with Crippen LogP contribution >= 0.6 is 34.4 Å². The largest absolute Gasteiger partial charge is 0.353 e. The van der Waals surface area contributed by atoms with E-state index in [1.54, 1.807) is 22.0 Å². The molecule has 0 aliphatic carbocycles. The molecule has 0 bridgehead atoms. The molecular formula is C18H19N3O2S3. The Morgan fingerprint density at radius 2 is 2.27 bits per heavy atom. The predicted molar refractivity (Wildman–Crippen MR) is 111 cm³/mol. The maximum absolute atomic E-state index is 13.1. The molecule has 0 saturated carbocycles. The van der Waals surface area contributed by atoms with E-state index < -0.39 is 0 Å². The number of carbonyl (C=O) groups excluding carboxylic acids is 1. The zero-order valence-electron chi connectivity index (χ0n) is 14.5. The van der Waals surface area contributed by atoms with E-state index in [4.69, 9.17) is 0 Å². The number of hydrogen-bond acceptors (Lipinski definition) is 6. The molecular weight excluding hydrogens is 386 g/mol. The number of amides is 1. The minimum absolute atomic E-state index is 0.0741. The number of aromatic nitrogens is 2. The Bertz CT molecular complexity index is 987. The molecule has 3 aromatic heterocycles. The van der Waals surface area contributed by atoms with Gasteiger partial charge in [-0.3, -0.25) is 14.2 Å². The van der Waals surface area contributed by atoms with Gasteiger partial charge in [0.05, 0.1) is 11.1 Å². The van der Waals surface area contributed by atoms with Gasteiger partial charge in [0.1, 0.15) is 4.83 Å². The van der Waals surface area contributed by atoms with Gasteiger partial charge in [0, 0.05) is 28.4 Å². The first kappa shape index (κ1) is 18.9. The van der Waals surface area contributed by atoms with Gasteiger partial charge in [0.2, 0.25) is 5.91 Å². The highest BCUT2D eigenvalue weighted by Crippen LogP contribution is 2.34. The van der Waals surface area contributed by atoms with Crippen molar-refractivity contribution in [2.75, 3.05) is 5.75 Å². The molecule has 1 amide bonds. The molecule has 1 N–H and O–H groups in total. The fraction of sp³-hybridized carbons (Fsp3) is 0.278. The third-order valence-electron chi connectivity index (χ3n) is 3.54. The SMILES string of the molecule is C=CCn1c(SCC(=O)NC(C)C)nc2scc(-c3cccs3)c2c1=O. The number of thiophene rings is 2. The first-order valence-corrected chi connectivity index (χ1v) is 10.8. The summed E-state index contributed by atoms with van der Waals surface area (Å²) in [6.07, 6.45) is 1.67. The number of fused-ring (bicyclic) bond motifs is 1. The Labute approximate surface area is 163 Å². The van der Waals surface area contributed by atoms with Crippen LogP contribution in [0.2, 0.25) is 0 Å². The van der Waals surface area contributed by atoms with Crippen LogP contribution in [0.4, 0.5) is 0 Å². The van der Waals surface area contributed by atoms with E-state index in [0.29, 0.717) is 21.9 Å². The van der Waals surface area contributed by atoms with Gasteiger partial charge in [-0.15, -0.1) is 29.3 Å². The monoisotopic (exact) mass is 405 g/mol. The molecule has 5 nitrogen and oxygen atoms in total. The lowest BCUT2D eigenvalue weighted by Crippen LogP contribution is -2.32. The van der Waals surface area contributed by atoms with Gasteiger partial charge in [-0.2, -0.15) is 0 Å². The van der Waals surface area contributed by atoms with Crippen LogP contribution in [0.15, 0.2) is 45.5 Å². The van der Waals surface area contributed by atoms with Crippen molar-refractivity contribution in [3.63, 3.8) is 0 Å². The molecule has 136 valence electrons. The Morgan fingerprint density at radius 3 is 2.92 bits per heavy atom. The molecule has 3 rings (SSSR count). The number of thioether (sulfide) groups is 1. The van der Waals surface area contributed by atoms with Gasteiger partial charge in [-0.25, -0.2) is 4.98 Å². The molecule has 3 aromatic rings. The molecule has 0 atom stereocenters. The Morgan fingerprint density at radius 1 is 1.46 bits per heavy atom. The van der Waals surface area contributed by atoms with Gasteiger partial charge >= 0.3 is 0 Å². The predicted octanol–water partition coefficient (Wildman–Crippen LogP) is 3.99. The summed E-state index contributed by atoms with van der Waals surface area (Å²) in [5, 5.41) is 7.99. The van der Waals surface area contributed by atoms with Crippen LogP contribution in [0.1, 0.15) is 13.8 Å². The standard InChI is InChI=1S/C18H19N3O2S3/c1-4-7-21-17(23)15-12(13-6-5-8-24-13)9-25-16(15)20-18(21)26-10-14(22)19-11(2)3/h4-6,8-9,11H,1,7,10H2,2-3H3,(H,19,22). The topological polar surface area (TPSA) is 64.0 Å². The lowest BCUT2D eigenvalue weighted by molar-refractivity contribution is -0.119. The zero-order chi connectivity index (χ0) is 18.7. The maximum Gasteiger partial charge on any atom is 0.263 e. The van der Waals surface area contributed by atoms with Crippen molar-refractivity contribution in [3.8, 4) is 10.4 Å². The van der Waals surface area contributed by atoms with Crippen molar-refractivity contribution in [3.05, 3.63) is 45.9 Å². The normalized spacial score (nSPS) is 11.2. The van der Waals surface area contributed by atoms with E-state index in [2.05, 4.69) is 16.9 Å². The summed E-state index contributed by atoms with van der Waals surface area (Å²) in [5.74, 6) is 0.145. The molecule has 0 aromatic carbocycles. The van der Waals surface area contributed by atoms with Crippen LogP contribution in [0.25, 0.3) is 20.7 Å². The van der Waals surface area contributed by atoms with Crippen molar-refractivity contribution in [1.82, 2.24) is 14.9 Å². The van der Waals surface area contributed by atoms with Crippen LogP contribution in [-0.4, -0.2) is 27.3 Å². The highest BCUT2D eigenvalue weighted by Gasteiger charge is 2.18. The number of nitrogens with zero attached hydrogens (tertiary/aromatic N) is 2. The summed E-state index contributed by atoms with van der Waals surface area (Å²) < 4.78 is 1.59. The van der Waals surface area contributed by atoms with Crippen molar-refractivity contribution >= 4 is 50.6 Å². The van der Waals surface area contributed by atoms with Crippen LogP contribution in [0.5, 0.6) is 0 Å². The molecule has 0 radical (unpaired) electrons. The molecule has 3 heterocycles. The second-order valence-electron chi connectivity index (χ2n) is 5.92. The minimum atomic E-state index is -0.0914. The van der Waals surface area contributed by atoms with Crippen LogP contribution in [0, 0.1) is 0 Å². The second-order valence-corrected chi connectivity index (χ2v) is 8.66. The van der Waals surface area contributed by atoms with Crippen molar-refractivity contribution < 1.29 is 4.79 Å². The van der Waals surface area contributed by atoms with Gasteiger partial charge in [-0.1, -0.05) is 23.9 Å². The zero-order valence-corrected chi connectivity index (χ0v) is 17.0. The third-order valence-corrected chi connectivity index (χ3v) is 6.29. The van der Waals surface area contributed by atoms with Gasteiger partial charge < -0.3 is 5.32 Å². The van der Waals surface area contributed by atoms with Crippen molar-refractivity contribution in [2.24, 2.45) is 0 Å². The highest BCUT2D eigenvalue weighted by molar-refractivity contribution is 7.99. The van der Waals surface area contributed by atoms with Crippen LogP contribution in [0.3, 0.4) is 0 Å². The Balaban J connectivity index is 2.02. The highest BCUT2D eigenvalue weighted by atomic mass is 32.2. The third kappa shape index (κ3) is 3.92. The first-order chi connectivity index (χ1) is 12.5. The van der Waals surface area contributed by atoms with Crippen LogP contribution < -0.4 is 10.9 Å². The minimum Gasteiger partial charge on any atom is -0.353 e. The lowest BCUT2D eigenvalue weighted by Gasteiger charge is -2.11. The Kier molecular flexibility index (Phi) is 5.95. The molecule has 0 aliphatic rings. The van der Waals surface area contributed by atoms with Crippen molar-refractivity contribution in [2.45, 2.75) is 31.6 Å². The quantitative estimate of drug-likeness (QED) is 0.367. The summed E-state index contributed by atoms with van der Waals surface area (Å²) in [4.78, 5) is 31.5. The van der Waals surface area contributed by atoms with E-state index in [9.17, 15) is 9.59 Å². The summed E-state index contributed by atoms with van der Waals surface area (Å²) >= 11 is 4.33. The summed E-state index contributed by atoms with van der Waals surface area (Å²) in [7, 11) is 0. The van der Waals surface area contributed by atoms with Crippen molar-refractivity contribution in [1.29, 1.82) is 0 Å². The maximum atomic E-state index is 13.1. The van der Waals surface area contributed by atoms with E-state index in [0.717, 1.165) is 10.4 Å². The second kappa shape index (κ2) is 8.20. The van der Waals surface area contributed by atoms with E-state index >= 15 is 0 Å². The van der Waals surface area contributed by atoms with Gasteiger partial charge in [0.15, 0.2) is 5.16 Å². The summed E-state index contributed by atoms with van der Waals surface area (Å²) in [6, 6.07) is 4.05. The van der Waals surface area contributed by atoms with Gasteiger partial charge in [-0.05, 0) is 25.3 Å². The number of rotatable bonds is 7. The van der Waals surface area contributed by atoms with E-state index in [1.807, 2.05) is 36.7 Å². The molecule has 0 unspecified atom stereocenters. The number of allylic oxidation sites excluding steroid dienone is 1. The van der Waals surface area contributed by atoms with E-state index in [-0.39, 0.29) is 23.3 Å². The fourth-order valence-corrected chi connectivity index (χ4v) is 5.14. The summed E-state index contributed by atoms with van der Waals surface area (Å²) in [5.41, 5.74) is 0.829. The molecule has 0 fully saturated rings. The number of carbonyl (C=O) groups is 1. The van der Waals surface area contributed by atoms with Gasteiger partial charge in [0.25, 0.3) is 5.56 Å². The molecule has 0 aliphatic heterocycles. The Hall–Kier alpha value is -1.90. The molecule has 8 heteroatoms. The molecule has 0 saturated heterocycles. The van der Waals surface area contributed by atoms with E-state index in [1.165, 1.54) is 23.1 Å². The first-order valence-electron chi connectivity index (χ1n) is 8.10. The van der Waals surface area contributed by atoms with Crippen LogP contribution in [-0.2, 0) is 11.3 Å². The number of hydrogen-bond donors (Lipinski definition) is 1. The fourth-order valence-electron chi connectivity index (χ4n) is 2.51. The average molecular weight is 406 g/mol. The summed E-state index contributed by atoms with van der Waals surface area (Å²) in [6.45, 7) is 7.93. The molecule has 0 spiro atoms. The molecule has 26 heavy (non-hydrogen) atoms. The smallest absolute Gasteiger partial charge is 0.263 e. The average Bonchev–Trinajstić information content (AvgIpc) is 3.24.